The standard InChI is InChI=1S/C50H39N/c1-34-16-25-41(26-17-34)51(42-27-22-38(23-28-42)37-20-18-36(19-21-37)35-10-5-4-6-11-35)43-29-31-47-46-30-24-40(32-48(46)50(2,3)49(47)33-43)45-15-9-13-39-12-7-8-14-44(39)45/h4-33H,1-3H3. The van der Waals surface area contributed by atoms with E-state index in [1.807, 2.05) is 0 Å². The molecule has 0 bridgehead atoms. The summed E-state index contributed by atoms with van der Waals surface area (Å²) in [4.78, 5) is 2.39. The summed E-state index contributed by atoms with van der Waals surface area (Å²) < 4.78 is 0. The summed E-state index contributed by atoms with van der Waals surface area (Å²) >= 11 is 0. The fraction of sp³-hybridized carbons (Fsp3) is 0.0800. The van der Waals surface area contributed by atoms with Crippen LogP contribution in [0.15, 0.2) is 182 Å². The Morgan fingerprint density at radius 2 is 0.863 bits per heavy atom. The predicted molar refractivity (Wildman–Crippen MR) is 217 cm³/mol. The molecule has 9 rings (SSSR count). The molecule has 0 aliphatic heterocycles. The first-order valence-electron chi connectivity index (χ1n) is 17.8. The minimum absolute atomic E-state index is 0.157. The van der Waals surface area contributed by atoms with Gasteiger partial charge in [0.05, 0.1) is 0 Å². The molecule has 0 saturated carbocycles. The van der Waals surface area contributed by atoms with Crippen LogP contribution in [0.1, 0.15) is 30.5 Å². The van der Waals surface area contributed by atoms with Crippen LogP contribution in [0.25, 0.3) is 55.3 Å². The molecule has 0 unspecified atom stereocenters. The second kappa shape index (κ2) is 12.3. The Balaban J connectivity index is 1.08. The number of benzene rings is 8. The van der Waals surface area contributed by atoms with Crippen molar-refractivity contribution in [2.75, 3.05) is 4.90 Å². The van der Waals surface area contributed by atoms with E-state index in [2.05, 4.69) is 208 Å². The molecule has 0 amide bonds. The lowest BCUT2D eigenvalue weighted by Crippen LogP contribution is -2.16. The van der Waals surface area contributed by atoms with Gasteiger partial charge in [-0.15, -0.1) is 0 Å². The van der Waals surface area contributed by atoms with Crippen molar-refractivity contribution in [1.82, 2.24) is 0 Å². The van der Waals surface area contributed by atoms with Crippen molar-refractivity contribution in [2.45, 2.75) is 26.2 Å². The average molecular weight is 654 g/mol. The van der Waals surface area contributed by atoms with E-state index in [9.17, 15) is 0 Å². The summed E-state index contributed by atoms with van der Waals surface area (Å²) in [6, 6.07) is 66.7. The first kappa shape index (κ1) is 30.8. The second-order valence-corrected chi connectivity index (χ2v) is 14.3. The number of aryl methyl sites for hydroxylation is 1. The van der Waals surface area contributed by atoms with Gasteiger partial charge in [-0.2, -0.15) is 0 Å². The van der Waals surface area contributed by atoms with Gasteiger partial charge in [0.2, 0.25) is 0 Å². The van der Waals surface area contributed by atoms with Crippen molar-refractivity contribution in [3.05, 3.63) is 199 Å². The van der Waals surface area contributed by atoms with E-state index in [1.54, 1.807) is 0 Å². The molecule has 1 heteroatoms. The van der Waals surface area contributed by atoms with E-state index in [-0.39, 0.29) is 5.41 Å². The fourth-order valence-electron chi connectivity index (χ4n) is 7.94. The Morgan fingerprint density at radius 1 is 0.373 bits per heavy atom. The van der Waals surface area contributed by atoms with Crippen LogP contribution in [0.5, 0.6) is 0 Å². The lowest BCUT2D eigenvalue weighted by molar-refractivity contribution is 0.660. The Hall–Kier alpha value is -6.18. The quantitative estimate of drug-likeness (QED) is 0.173. The zero-order valence-electron chi connectivity index (χ0n) is 29.3. The lowest BCUT2D eigenvalue weighted by atomic mass is 9.81. The number of hydrogen-bond donors (Lipinski definition) is 0. The summed E-state index contributed by atoms with van der Waals surface area (Å²) in [5, 5.41) is 2.56. The van der Waals surface area contributed by atoms with E-state index in [4.69, 9.17) is 0 Å². The summed E-state index contributed by atoms with van der Waals surface area (Å²) in [6.07, 6.45) is 0. The minimum Gasteiger partial charge on any atom is -0.310 e. The maximum atomic E-state index is 2.43. The Bertz CT molecular complexity index is 2520. The first-order chi connectivity index (χ1) is 24.9. The van der Waals surface area contributed by atoms with Gasteiger partial charge < -0.3 is 4.90 Å². The number of anilines is 3. The van der Waals surface area contributed by atoms with Gasteiger partial charge in [0.25, 0.3) is 0 Å². The lowest BCUT2D eigenvalue weighted by Gasteiger charge is -2.28. The van der Waals surface area contributed by atoms with Gasteiger partial charge in [0.15, 0.2) is 0 Å². The fourth-order valence-corrected chi connectivity index (χ4v) is 7.94. The highest BCUT2D eigenvalue weighted by Crippen LogP contribution is 2.52. The highest BCUT2D eigenvalue weighted by molar-refractivity contribution is 5.98. The SMILES string of the molecule is Cc1ccc(N(c2ccc(-c3ccc(-c4ccccc4)cc3)cc2)c2ccc3c(c2)C(C)(C)c2cc(-c4cccc5ccccc45)ccc2-3)cc1. The zero-order chi connectivity index (χ0) is 34.5. The van der Waals surface area contributed by atoms with Gasteiger partial charge in [-0.1, -0.05) is 159 Å². The molecule has 0 radical (unpaired) electrons. The molecule has 1 aliphatic carbocycles. The van der Waals surface area contributed by atoms with Gasteiger partial charge in [-0.3, -0.25) is 0 Å². The van der Waals surface area contributed by atoms with Crippen molar-refractivity contribution in [1.29, 1.82) is 0 Å². The molecule has 0 aromatic heterocycles. The highest BCUT2D eigenvalue weighted by Gasteiger charge is 2.36. The Labute approximate surface area is 301 Å². The molecule has 1 nitrogen and oxygen atoms in total. The maximum Gasteiger partial charge on any atom is 0.0465 e. The molecule has 1 aliphatic rings. The topological polar surface area (TPSA) is 3.24 Å². The maximum absolute atomic E-state index is 2.43. The molecule has 0 saturated heterocycles. The molecule has 0 spiro atoms. The summed E-state index contributed by atoms with van der Waals surface area (Å²) in [6.45, 7) is 6.90. The van der Waals surface area contributed by atoms with E-state index < -0.39 is 0 Å². The highest BCUT2D eigenvalue weighted by atomic mass is 15.1. The third-order valence-corrected chi connectivity index (χ3v) is 10.8. The Morgan fingerprint density at radius 3 is 1.55 bits per heavy atom. The van der Waals surface area contributed by atoms with Crippen molar-refractivity contribution < 1.29 is 0 Å². The predicted octanol–water partition coefficient (Wildman–Crippen LogP) is 13.9. The molecule has 8 aromatic carbocycles. The van der Waals surface area contributed by atoms with Crippen molar-refractivity contribution in [3.8, 4) is 44.5 Å². The molecule has 0 fully saturated rings. The van der Waals surface area contributed by atoms with Crippen LogP contribution in [-0.2, 0) is 5.41 Å². The van der Waals surface area contributed by atoms with Crippen LogP contribution in [0, 0.1) is 6.92 Å². The number of fused-ring (bicyclic) bond motifs is 4. The van der Waals surface area contributed by atoms with Crippen LogP contribution < -0.4 is 4.90 Å². The third kappa shape index (κ3) is 5.43. The minimum atomic E-state index is -0.157. The van der Waals surface area contributed by atoms with Crippen LogP contribution in [0.2, 0.25) is 0 Å². The zero-order valence-corrected chi connectivity index (χ0v) is 29.3. The van der Waals surface area contributed by atoms with E-state index in [0.29, 0.717) is 0 Å². The molecular weight excluding hydrogens is 615 g/mol. The normalized spacial score (nSPS) is 12.8. The average Bonchev–Trinajstić information content (AvgIpc) is 3.41. The molecule has 0 atom stereocenters. The van der Waals surface area contributed by atoms with Crippen molar-refractivity contribution >= 4 is 27.8 Å². The third-order valence-electron chi connectivity index (χ3n) is 10.8. The van der Waals surface area contributed by atoms with Gasteiger partial charge >= 0.3 is 0 Å². The van der Waals surface area contributed by atoms with Gasteiger partial charge in [0.1, 0.15) is 0 Å². The van der Waals surface area contributed by atoms with Crippen LogP contribution >= 0.6 is 0 Å². The van der Waals surface area contributed by atoms with E-state index in [1.165, 1.54) is 72.0 Å². The van der Waals surface area contributed by atoms with Crippen LogP contribution in [0.4, 0.5) is 17.1 Å². The van der Waals surface area contributed by atoms with E-state index >= 15 is 0 Å². The van der Waals surface area contributed by atoms with Crippen molar-refractivity contribution in [2.24, 2.45) is 0 Å². The first-order valence-corrected chi connectivity index (χ1v) is 17.8. The molecule has 0 N–H and O–H groups in total. The summed E-state index contributed by atoms with van der Waals surface area (Å²) in [7, 11) is 0. The Kier molecular flexibility index (Phi) is 7.44. The summed E-state index contributed by atoms with van der Waals surface area (Å²) in [5.74, 6) is 0. The van der Waals surface area contributed by atoms with Crippen molar-refractivity contribution in [3.63, 3.8) is 0 Å². The van der Waals surface area contributed by atoms with E-state index in [0.717, 1.165) is 17.1 Å². The smallest absolute Gasteiger partial charge is 0.0465 e. The monoisotopic (exact) mass is 653 g/mol. The number of rotatable bonds is 6. The molecule has 51 heavy (non-hydrogen) atoms. The molecule has 0 heterocycles. The van der Waals surface area contributed by atoms with Gasteiger partial charge in [-0.25, -0.2) is 0 Å². The largest absolute Gasteiger partial charge is 0.310 e. The van der Waals surface area contributed by atoms with Crippen LogP contribution in [-0.4, -0.2) is 0 Å². The second-order valence-electron chi connectivity index (χ2n) is 14.3. The summed E-state index contributed by atoms with van der Waals surface area (Å²) in [5.41, 5.74) is 17.3. The number of nitrogens with zero attached hydrogens (tertiary/aromatic N) is 1. The molecule has 244 valence electrons. The molecule has 8 aromatic rings. The number of hydrogen-bond acceptors (Lipinski definition) is 1. The van der Waals surface area contributed by atoms with Crippen LogP contribution in [0.3, 0.4) is 0 Å². The van der Waals surface area contributed by atoms with Gasteiger partial charge in [-0.05, 0) is 116 Å². The molecular formula is C50H39N. The van der Waals surface area contributed by atoms with Gasteiger partial charge in [0, 0.05) is 22.5 Å².